The Balaban J connectivity index is 3.14. The Hall–Kier alpha value is 0.240. The summed E-state index contributed by atoms with van der Waals surface area (Å²) in [6.07, 6.45) is 3.21. The second kappa shape index (κ2) is 7.87. The third kappa shape index (κ3) is 8.34. The van der Waals surface area contributed by atoms with E-state index >= 15 is 0 Å². The van der Waals surface area contributed by atoms with Gasteiger partial charge in [0, 0.05) is 6.42 Å². The molecule has 1 atom stereocenters. The highest BCUT2D eigenvalue weighted by Crippen LogP contribution is 2.14. The van der Waals surface area contributed by atoms with Crippen LogP contribution in [0.5, 0.6) is 0 Å². The van der Waals surface area contributed by atoms with Crippen molar-refractivity contribution in [2.75, 3.05) is 6.61 Å². The molecule has 12 heavy (non-hydrogen) atoms. The van der Waals surface area contributed by atoms with Gasteiger partial charge < -0.3 is 4.74 Å². The highest BCUT2D eigenvalue weighted by Gasteiger charge is 2.02. The van der Waals surface area contributed by atoms with Gasteiger partial charge in [0.1, 0.15) is 0 Å². The van der Waals surface area contributed by atoms with Crippen molar-refractivity contribution in [2.24, 2.45) is 0 Å². The van der Waals surface area contributed by atoms with Crippen LogP contribution in [-0.2, 0) is 9.53 Å². The van der Waals surface area contributed by atoms with Crippen molar-refractivity contribution in [2.45, 2.75) is 36.9 Å². The van der Waals surface area contributed by atoms with E-state index in [1.807, 2.05) is 6.92 Å². The maximum absolute atomic E-state index is 10.8. The number of unbranched alkanes of at least 4 members (excludes halogenated alkanes) is 1. The van der Waals surface area contributed by atoms with E-state index in [1.165, 1.54) is 0 Å². The standard InChI is InChI=1S/C8H14BrClO2/c1-2-12-8(11)6-4-3-5-7(9)10/h7H,2-6H2,1H3. The summed E-state index contributed by atoms with van der Waals surface area (Å²) in [5.41, 5.74) is 0. The SMILES string of the molecule is CCOC(=O)CCCCC(Cl)Br. The quantitative estimate of drug-likeness (QED) is 0.415. The number of hydrogen-bond acceptors (Lipinski definition) is 2. The number of halogens is 2. The molecule has 0 heterocycles. The average molecular weight is 258 g/mol. The molecule has 0 aliphatic heterocycles. The largest absolute Gasteiger partial charge is 0.466 e. The van der Waals surface area contributed by atoms with Gasteiger partial charge in [0.15, 0.2) is 0 Å². The number of esters is 1. The predicted molar refractivity (Wildman–Crippen MR) is 53.7 cm³/mol. The fourth-order valence-corrected chi connectivity index (χ4v) is 1.28. The third-order valence-corrected chi connectivity index (χ3v) is 2.03. The molecule has 0 saturated heterocycles. The first-order chi connectivity index (χ1) is 5.66. The van der Waals surface area contributed by atoms with Gasteiger partial charge in [-0.05, 0) is 19.8 Å². The topological polar surface area (TPSA) is 26.3 Å². The minimum atomic E-state index is -0.113. The first-order valence-corrected chi connectivity index (χ1v) is 5.45. The number of ether oxygens (including phenoxy) is 1. The molecule has 0 aromatic rings. The lowest BCUT2D eigenvalue weighted by molar-refractivity contribution is -0.143. The Bertz CT molecular complexity index is 128. The van der Waals surface area contributed by atoms with E-state index in [1.54, 1.807) is 0 Å². The van der Waals surface area contributed by atoms with Crippen LogP contribution in [0.2, 0.25) is 0 Å². The lowest BCUT2D eigenvalue weighted by atomic mass is 10.2. The zero-order chi connectivity index (χ0) is 9.40. The smallest absolute Gasteiger partial charge is 0.305 e. The van der Waals surface area contributed by atoms with E-state index in [2.05, 4.69) is 15.9 Å². The van der Waals surface area contributed by atoms with E-state index in [0.29, 0.717) is 13.0 Å². The first-order valence-electron chi connectivity index (χ1n) is 4.10. The first kappa shape index (κ1) is 12.2. The van der Waals surface area contributed by atoms with Crippen LogP contribution in [0.3, 0.4) is 0 Å². The number of alkyl halides is 2. The van der Waals surface area contributed by atoms with Gasteiger partial charge in [0.2, 0.25) is 0 Å². The molecule has 0 spiro atoms. The van der Waals surface area contributed by atoms with E-state index < -0.39 is 0 Å². The minimum absolute atomic E-state index is 0.0275. The normalized spacial score (nSPS) is 12.6. The van der Waals surface area contributed by atoms with E-state index in [0.717, 1.165) is 19.3 Å². The van der Waals surface area contributed by atoms with Crippen LogP contribution in [0, 0.1) is 0 Å². The molecule has 0 rings (SSSR count). The fraction of sp³-hybridized carbons (Fsp3) is 0.875. The summed E-state index contributed by atoms with van der Waals surface area (Å²) in [6, 6.07) is 0. The molecule has 0 aliphatic carbocycles. The Morgan fingerprint density at radius 2 is 2.25 bits per heavy atom. The van der Waals surface area contributed by atoms with Crippen molar-refractivity contribution in [3.05, 3.63) is 0 Å². The maximum atomic E-state index is 10.8. The molecule has 0 saturated carbocycles. The molecule has 0 aromatic heterocycles. The van der Waals surface area contributed by atoms with Gasteiger partial charge in [-0.3, -0.25) is 4.79 Å². The minimum Gasteiger partial charge on any atom is -0.466 e. The number of carbonyl (C=O) groups excluding carboxylic acids is 1. The number of hydrogen-bond donors (Lipinski definition) is 0. The van der Waals surface area contributed by atoms with Gasteiger partial charge in [-0.15, -0.1) is 11.6 Å². The van der Waals surface area contributed by atoms with Crippen LogP contribution in [0.15, 0.2) is 0 Å². The molecule has 0 bridgehead atoms. The third-order valence-electron chi connectivity index (χ3n) is 1.36. The van der Waals surface area contributed by atoms with Gasteiger partial charge in [-0.2, -0.15) is 0 Å². The summed E-state index contributed by atoms with van der Waals surface area (Å²) in [4.78, 5) is 10.8. The molecule has 0 fully saturated rings. The van der Waals surface area contributed by atoms with Gasteiger partial charge in [0.05, 0.1) is 10.9 Å². The van der Waals surface area contributed by atoms with Crippen LogP contribution >= 0.6 is 27.5 Å². The van der Waals surface area contributed by atoms with Crippen LogP contribution in [0.4, 0.5) is 0 Å². The average Bonchev–Trinajstić information content (AvgIpc) is 1.98. The summed E-state index contributed by atoms with van der Waals surface area (Å²) in [6.45, 7) is 2.28. The van der Waals surface area contributed by atoms with Gasteiger partial charge in [-0.25, -0.2) is 0 Å². The van der Waals surface area contributed by atoms with E-state index in [-0.39, 0.29) is 10.3 Å². The molecule has 1 unspecified atom stereocenters. The summed E-state index contributed by atoms with van der Waals surface area (Å²) >= 11 is 8.88. The van der Waals surface area contributed by atoms with Crippen LogP contribution in [-0.4, -0.2) is 16.9 Å². The van der Waals surface area contributed by atoms with Gasteiger partial charge in [0.25, 0.3) is 0 Å². The molecular weight excluding hydrogens is 243 g/mol. The van der Waals surface area contributed by atoms with Crippen molar-refractivity contribution in [1.29, 1.82) is 0 Å². The molecule has 0 amide bonds. The summed E-state index contributed by atoms with van der Waals surface area (Å²) < 4.78 is 4.79. The van der Waals surface area contributed by atoms with Crippen LogP contribution in [0.25, 0.3) is 0 Å². The fourth-order valence-electron chi connectivity index (χ4n) is 0.801. The van der Waals surface area contributed by atoms with Crippen molar-refractivity contribution >= 4 is 33.5 Å². The molecule has 0 aliphatic rings. The van der Waals surface area contributed by atoms with Crippen molar-refractivity contribution in [3.63, 3.8) is 0 Å². The van der Waals surface area contributed by atoms with E-state index in [9.17, 15) is 4.79 Å². The molecular formula is C8H14BrClO2. The molecule has 0 radical (unpaired) electrons. The van der Waals surface area contributed by atoms with Crippen molar-refractivity contribution < 1.29 is 9.53 Å². The van der Waals surface area contributed by atoms with E-state index in [4.69, 9.17) is 16.3 Å². The second-order valence-electron chi connectivity index (χ2n) is 2.44. The zero-order valence-corrected chi connectivity index (χ0v) is 9.53. The highest BCUT2D eigenvalue weighted by atomic mass is 79.9. The predicted octanol–water partition coefficient (Wildman–Crippen LogP) is 3.07. The molecule has 2 nitrogen and oxygen atoms in total. The molecule has 4 heteroatoms. The number of carbonyl (C=O) groups is 1. The number of rotatable bonds is 6. The van der Waals surface area contributed by atoms with Crippen LogP contribution in [0.1, 0.15) is 32.6 Å². The van der Waals surface area contributed by atoms with Gasteiger partial charge in [-0.1, -0.05) is 22.4 Å². The molecule has 72 valence electrons. The second-order valence-corrected chi connectivity index (χ2v) is 4.60. The Kier molecular flexibility index (Phi) is 8.02. The molecule has 0 N–H and O–H groups in total. The zero-order valence-electron chi connectivity index (χ0n) is 7.19. The monoisotopic (exact) mass is 256 g/mol. The van der Waals surface area contributed by atoms with Crippen LogP contribution < -0.4 is 0 Å². The molecule has 0 aromatic carbocycles. The van der Waals surface area contributed by atoms with Crippen molar-refractivity contribution in [1.82, 2.24) is 0 Å². The Morgan fingerprint density at radius 3 is 2.75 bits per heavy atom. The van der Waals surface area contributed by atoms with Crippen molar-refractivity contribution in [3.8, 4) is 0 Å². The lowest BCUT2D eigenvalue weighted by Gasteiger charge is -2.01. The highest BCUT2D eigenvalue weighted by molar-refractivity contribution is 9.10. The summed E-state index contributed by atoms with van der Waals surface area (Å²) in [5.74, 6) is -0.113. The Morgan fingerprint density at radius 1 is 1.58 bits per heavy atom. The Labute approximate surface area is 86.7 Å². The lowest BCUT2D eigenvalue weighted by Crippen LogP contribution is -2.03. The maximum Gasteiger partial charge on any atom is 0.305 e. The van der Waals surface area contributed by atoms with Gasteiger partial charge >= 0.3 is 5.97 Å². The summed E-state index contributed by atoms with van der Waals surface area (Å²) in [7, 11) is 0. The summed E-state index contributed by atoms with van der Waals surface area (Å²) in [5, 5.41) is 0.